The van der Waals surface area contributed by atoms with Gasteiger partial charge in [-0.1, -0.05) is 12.1 Å². The highest BCUT2D eigenvalue weighted by Crippen LogP contribution is 2.29. The third-order valence-electron chi connectivity index (χ3n) is 3.96. The second-order valence-corrected chi connectivity index (χ2v) is 5.47. The first-order valence-electron chi connectivity index (χ1n) is 7.82. The van der Waals surface area contributed by atoms with Crippen LogP contribution in [0.2, 0.25) is 0 Å². The lowest BCUT2D eigenvalue weighted by Gasteiger charge is -2.22. The summed E-state index contributed by atoms with van der Waals surface area (Å²) in [7, 11) is 0. The first-order chi connectivity index (χ1) is 10.8. The Balaban J connectivity index is 2.00. The molecule has 0 radical (unpaired) electrons. The van der Waals surface area contributed by atoms with Gasteiger partial charge in [-0.05, 0) is 45.0 Å². The summed E-state index contributed by atoms with van der Waals surface area (Å²) in [5.41, 5.74) is 1.61. The number of hydrogen-bond donors (Lipinski definition) is 2. The summed E-state index contributed by atoms with van der Waals surface area (Å²) in [5, 5.41) is 3.34. The average Bonchev–Trinajstić information content (AvgIpc) is 2.56. The number of aromatic amines is 1. The zero-order valence-corrected chi connectivity index (χ0v) is 12.8. The highest BCUT2D eigenvalue weighted by molar-refractivity contribution is 5.63. The Labute approximate surface area is 129 Å². The summed E-state index contributed by atoms with van der Waals surface area (Å²) in [6.07, 6.45) is 2.03. The van der Waals surface area contributed by atoms with Gasteiger partial charge in [-0.15, -0.1) is 0 Å². The Morgan fingerprint density at radius 1 is 1.27 bits per heavy atom. The van der Waals surface area contributed by atoms with Crippen molar-refractivity contribution in [2.75, 3.05) is 19.7 Å². The zero-order valence-electron chi connectivity index (χ0n) is 12.8. The van der Waals surface area contributed by atoms with E-state index in [1.807, 2.05) is 31.2 Å². The van der Waals surface area contributed by atoms with Crippen molar-refractivity contribution in [3.8, 4) is 17.1 Å². The van der Waals surface area contributed by atoms with Crippen LogP contribution in [-0.2, 0) is 0 Å². The van der Waals surface area contributed by atoms with Gasteiger partial charge in [0.2, 0.25) is 0 Å². The molecule has 3 rings (SSSR count). The van der Waals surface area contributed by atoms with Gasteiger partial charge in [-0.25, -0.2) is 4.98 Å². The van der Waals surface area contributed by atoms with Gasteiger partial charge < -0.3 is 15.0 Å². The minimum Gasteiger partial charge on any atom is -0.493 e. The summed E-state index contributed by atoms with van der Waals surface area (Å²) in [5.74, 6) is 1.68. The molecular weight excluding hydrogens is 278 g/mol. The number of benzene rings is 1. The topological polar surface area (TPSA) is 67.0 Å². The molecule has 0 aliphatic carbocycles. The van der Waals surface area contributed by atoms with Crippen molar-refractivity contribution in [1.29, 1.82) is 0 Å². The Kier molecular flexibility index (Phi) is 4.53. The molecule has 1 saturated heterocycles. The van der Waals surface area contributed by atoms with Crippen LogP contribution < -0.4 is 15.6 Å². The minimum absolute atomic E-state index is 0.107. The van der Waals surface area contributed by atoms with Gasteiger partial charge in [-0.2, -0.15) is 0 Å². The van der Waals surface area contributed by atoms with E-state index in [1.54, 1.807) is 6.07 Å². The quantitative estimate of drug-likeness (QED) is 0.909. The normalized spacial score (nSPS) is 15.7. The van der Waals surface area contributed by atoms with Crippen molar-refractivity contribution < 1.29 is 4.74 Å². The molecule has 1 aromatic carbocycles. The monoisotopic (exact) mass is 299 g/mol. The maximum absolute atomic E-state index is 12.0. The Morgan fingerprint density at radius 2 is 2.05 bits per heavy atom. The predicted octanol–water partition coefficient (Wildman–Crippen LogP) is 2.30. The maximum Gasteiger partial charge on any atom is 0.251 e. The Hall–Kier alpha value is -2.14. The highest BCUT2D eigenvalue weighted by atomic mass is 16.5. The fourth-order valence-electron chi connectivity index (χ4n) is 2.87. The second kappa shape index (κ2) is 6.75. The molecule has 1 aliphatic rings. The number of piperidine rings is 1. The van der Waals surface area contributed by atoms with Crippen molar-refractivity contribution in [3.63, 3.8) is 0 Å². The average molecular weight is 299 g/mol. The van der Waals surface area contributed by atoms with Crippen LogP contribution in [0.5, 0.6) is 5.75 Å². The second-order valence-electron chi connectivity index (χ2n) is 5.47. The number of nitrogens with one attached hydrogen (secondary N) is 2. The molecule has 0 atom stereocenters. The molecule has 22 heavy (non-hydrogen) atoms. The molecule has 0 bridgehead atoms. The predicted molar refractivity (Wildman–Crippen MR) is 86.3 cm³/mol. The van der Waals surface area contributed by atoms with Gasteiger partial charge in [0.1, 0.15) is 11.6 Å². The molecule has 1 aliphatic heterocycles. The fraction of sp³-hybridized carbons (Fsp3) is 0.412. The number of H-pyrrole nitrogens is 1. The van der Waals surface area contributed by atoms with E-state index < -0.39 is 0 Å². The molecule has 5 nitrogen and oxygen atoms in total. The molecule has 2 heterocycles. The Bertz CT molecular complexity index is 690. The SMILES string of the molecule is CCOc1ccccc1-c1nc(C2CCNCC2)cc(=O)[nH]1. The van der Waals surface area contributed by atoms with Gasteiger partial charge in [0, 0.05) is 12.0 Å². The number of aromatic nitrogens is 2. The molecule has 0 unspecified atom stereocenters. The first kappa shape index (κ1) is 14.8. The van der Waals surface area contributed by atoms with Crippen LogP contribution in [-0.4, -0.2) is 29.7 Å². The zero-order chi connectivity index (χ0) is 15.4. The van der Waals surface area contributed by atoms with E-state index in [-0.39, 0.29) is 5.56 Å². The van der Waals surface area contributed by atoms with Gasteiger partial charge in [0.05, 0.1) is 17.9 Å². The van der Waals surface area contributed by atoms with Crippen LogP contribution in [0.25, 0.3) is 11.4 Å². The van der Waals surface area contributed by atoms with Crippen LogP contribution in [0.1, 0.15) is 31.4 Å². The lowest BCUT2D eigenvalue weighted by Crippen LogP contribution is -2.28. The molecule has 116 valence electrons. The Morgan fingerprint density at radius 3 is 2.82 bits per heavy atom. The molecule has 1 fully saturated rings. The number of nitrogens with zero attached hydrogens (tertiary/aromatic N) is 1. The van der Waals surface area contributed by atoms with Crippen molar-refractivity contribution >= 4 is 0 Å². The summed E-state index contributed by atoms with van der Waals surface area (Å²) < 4.78 is 5.64. The van der Waals surface area contributed by atoms with Gasteiger partial charge >= 0.3 is 0 Å². The largest absolute Gasteiger partial charge is 0.493 e. The van der Waals surface area contributed by atoms with Gasteiger partial charge in [0.25, 0.3) is 5.56 Å². The third-order valence-corrected chi connectivity index (χ3v) is 3.96. The number of ether oxygens (including phenoxy) is 1. The molecule has 2 aromatic rings. The van der Waals surface area contributed by atoms with E-state index in [0.717, 1.165) is 42.9 Å². The number of para-hydroxylation sites is 1. The highest BCUT2D eigenvalue weighted by Gasteiger charge is 2.18. The molecule has 0 spiro atoms. The van der Waals surface area contributed by atoms with Crippen LogP contribution >= 0.6 is 0 Å². The van der Waals surface area contributed by atoms with Crippen molar-refractivity contribution in [2.24, 2.45) is 0 Å². The lowest BCUT2D eigenvalue weighted by molar-refractivity contribution is 0.341. The van der Waals surface area contributed by atoms with E-state index in [2.05, 4.69) is 10.3 Å². The van der Waals surface area contributed by atoms with Crippen molar-refractivity contribution in [1.82, 2.24) is 15.3 Å². The van der Waals surface area contributed by atoms with Crippen molar-refractivity contribution in [2.45, 2.75) is 25.7 Å². The number of rotatable bonds is 4. The van der Waals surface area contributed by atoms with Crippen molar-refractivity contribution in [3.05, 3.63) is 46.4 Å². The minimum atomic E-state index is -0.107. The van der Waals surface area contributed by atoms with E-state index in [1.165, 1.54) is 0 Å². The van der Waals surface area contributed by atoms with E-state index in [4.69, 9.17) is 9.72 Å². The third kappa shape index (κ3) is 3.20. The van der Waals surface area contributed by atoms with Crippen LogP contribution in [0.3, 0.4) is 0 Å². The fourth-order valence-corrected chi connectivity index (χ4v) is 2.87. The lowest BCUT2D eigenvalue weighted by atomic mass is 9.94. The summed E-state index contributed by atoms with van der Waals surface area (Å²) in [6, 6.07) is 9.30. The smallest absolute Gasteiger partial charge is 0.251 e. The summed E-state index contributed by atoms with van der Waals surface area (Å²) in [4.78, 5) is 19.6. The van der Waals surface area contributed by atoms with Crippen LogP contribution in [0.4, 0.5) is 0 Å². The summed E-state index contributed by atoms with van der Waals surface area (Å²) >= 11 is 0. The van der Waals surface area contributed by atoms with Crippen LogP contribution in [0, 0.1) is 0 Å². The standard InChI is InChI=1S/C17H21N3O2/c1-2-22-15-6-4-3-5-13(15)17-19-14(11-16(21)20-17)12-7-9-18-10-8-12/h3-6,11-12,18H,2,7-10H2,1H3,(H,19,20,21). The molecule has 2 N–H and O–H groups in total. The molecule has 5 heteroatoms. The van der Waals surface area contributed by atoms with Crippen LogP contribution in [0.15, 0.2) is 35.1 Å². The molecule has 0 amide bonds. The van der Waals surface area contributed by atoms with E-state index in [9.17, 15) is 4.79 Å². The van der Waals surface area contributed by atoms with E-state index in [0.29, 0.717) is 18.3 Å². The first-order valence-corrected chi connectivity index (χ1v) is 7.82. The summed E-state index contributed by atoms with van der Waals surface area (Å²) in [6.45, 7) is 4.47. The molecular formula is C17H21N3O2. The van der Waals surface area contributed by atoms with Gasteiger partial charge in [-0.3, -0.25) is 4.79 Å². The van der Waals surface area contributed by atoms with Gasteiger partial charge in [0.15, 0.2) is 0 Å². The van der Waals surface area contributed by atoms with E-state index >= 15 is 0 Å². The maximum atomic E-state index is 12.0. The number of hydrogen-bond acceptors (Lipinski definition) is 4. The molecule has 1 aromatic heterocycles. The molecule has 0 saturated carbocycles.